The maximum absolute atomic E-state index is 12.7. The lowest BCUT2D eigenvalue weighted by Gasteiger charge is -2.24. The Balaban J connectivity index is 2.21. The molecule has 0 spiro atoms. The van der Waals surface area contributed by atoms with Crippen molar-refractivity contribution in [2.45, 2.75) is 32.4 Å². The van der Waals surface area contributed by atoms with E-state index in [-0.39, 0.29) is 35.6 Å². The van der Waals surface area contributed by atoms with Crippen molar-refractivity contribution in [3.8, 4) is 11.5 Å². The predicted octanol–water partition coefficient (Wildman–Crippen LogP) is 2.62. The minimum atomic E-state index is -3.00. The van der Waals surface area contributed by atoms with Crippen molar-refractivity contribution in [1.82, 2.24) is 4.90 Å². The summed E-state index contributed by atoms with van der Waals surface area (Å²) in [6, 6.07) is 3.94. The molecule has 1 aliphatic rings. The molecule has 1 aromatic carbocycles. The molecule has 0 aliphatic heterocycles. The van der Waals surface area contributed by atoms with Crippen LogP contribution in [0.3, 0.4) is 0 Å². The molecule has 1 amide bonds. The van der Waals surface area contributed by atoms with E-state index in [2.05, 4.69) is 4.74 Å². The Morgan fingerprint density at radius 3 is 2.50 bits per heavy atom. The van der Waals surface area contributed by atoms with Gasteiger partial charge in [-0.2, -0.15) is 8.78 Å². The van der Waals surface area contributed by atoms with Crippen molar-refractivity contribution < 1.29 is 33.0 Å². The van der Waals surface area contributed by atoms with E-state index < -0.39 is 18.5 Å². The molecule has 1 aliphatic carbocycles. The van der Waals surface area contributed by atoms with Gasteiger partial charge in [0.1, 0.15) is 0 Å². The number of halogens is 2. The molecule has 24 heavy (non-hydrogen) atoms. The number of alkyl halides is 2. The summed E-state index contributed by atoms with van der Waals surface area (Å²) in [5.41, 5.74) is 0.234. The van der Waals surface area contributed by atoms with Crippen LogP contribution in [0.5, 0.6) is 11.5 Å². The number of amides is 1. The number of aliphatic carboxylic acids is 1. The normalized spacial score (nSPS) is 15.0. The van der Waals surface area contributed by atoms with Crippen molar-refractivity contribution in [3.05, 3.63) is 23.8 Å². The van der Waals surface area contributed by atoms with E-state index >= 15 is 0 Å². The van der Waals surface area contributed by atoms with Crippen molar-refractivity contribution in [2.75, 3.05) is 13.7 Å². The topological polar surface area (TPSA) is 76.1 Å². The average molecular weight is 343 g/mol. The first-order valence-corrected chi connectivity index (χ1v) is 7.50. The van der Waals surface area contributed by atoms with Crippen molar-refractivity contribution in [2.24, 2.45) is 5.92 Å². The lowest BCUT2D eigenvalue weighted by atomic mass is 10.1. The third-order valence-corrected chi connectivity index (χ3v) is 3.77. The number of methoxy groups -OCH3 is 1. The van der Waals surface area contributed by atoms with Gasteiger partial charge >= 0.3 is 12.6 Å². The third kappa shape index (κ3) is 4.33. The summed E-state index contributed by atoms with van der Waals surface area (Å²) in [6.45, 7) is -1.37. The summed E-state index contributed by atoms with van der Waals surface area (Å²) in [4.78, 5) is 25.2. The van der Waals surface area contributed by atoms with Crippen molar-refractivity contribution in [1.29, 1.82) is 0 Å². The number of carbonyl (C=O) groups excluding carboxylic acids is 1. The standard InChI is InChI=1S/C16H19F2NO5/c1-9(15(21)22)8-19(11-4-5-11)14(20)10-3-6-12(24-16(17)18)13(7-10)23-2/h3,6-7,9,11,16H,4-5,8H2,1-2H3,(H,21,22). The minimum absolute atomic E-state index is 0.0160. The zero-order valence-corrected chi connectivity index (χ0v) is 13.4. The van der Waals surface area contributed by atoms with Gasteiger partial charge in [-0.15, -0.1) is 0 Å². The van der Waals surface area contributed by atoms with E-state index in [4.69, 9.17) is 9.84 Å². The van der Waals surface area contributed by atoms with Gasteiger partial charge in [-0.05, 0) is 31.0 Å². The monoisotopic (exact) mass is 343 g/mol. The fourth-order valence-corrected chi connectivity index (χ4v) is 2.32. The zero-order chi connectivity index (χ0) is 17.9. The molecule has 2 rings (SSSR count). The highest BCUT2D eigenvalue weighted by Gasteiger charge is 2.35. The second-order valence-corrected chi connectivity index (χ2v) is 5.67. The van der Waals surface area contributed by atoms with Crippen LogP contribution in [0.2, 0.25) is 0 Å². The van der Waals surface area contributed by atoms with Crippen LogP contribution in [-0.4, -0.2) is 48.2 Å². The van der Waals surface area contributed by atoms with E-state index in [1.807, 2.05) is 0 Å². The summed E-state index contributed by atoms with van der Waals surface area (Å²) in [5.74, 6) is -2.18. The Morgan fingerprint density at radius 1 is 1.33 bits per heavy atom. The smallest absolute Gasteiger partial charge is 0.387 e. The summed E-state index contributed by atoms with van der Waals surface area (Å²) in [5, 5.41) is 9.04. The van der Waals surface area contributed by atoms with E-state index in [1.54, 1.807) is 0 Å². The maximum Gasteiger partial charge on any atom is 0.387 e. The van der Waals surface area contributed by atoms with Crippen LogP contribution in [0.1, 0.15) is 30.1 Å². The first-order chi connectivity index (χ1) is 11.3. The van der Waals surface area contributed by atoms with Gasteiger partial charge in [0, 0.05) is 18.2 Å². The van der Waals surface area contributed by atoms with Crippen LogP contribution < -0.4 is 9.47 Å². The molecular formula is C16H19F2NO5. The van der Waals surface area contributed by atoms with Gasteiger partial charge in [0.05, 0.1) is 13.0 Å². The largest absolute Gasteiger partial charge is 0.493 e. The number of ether oxygens (including phenoxy) is 2. The summed E-state index contributed by atoms with van der Waals surface area (Å²) in [7, 11) is 1.28. The third-order valence-electron chi connectivity index (χ3n) is 3.77. The molecule has 0 radical (unpaired) electrons. The second kappa shape index (κ2) is 7.46. The molecule has 1 unspecified atom stereocenters. The summed E-state index contributed by atoms with van der Waals surface area (Å²) in [6.07, 6.45) is 1.64. The van der Waals surface area contributed by atoms with Crippen molar-refractivity contribution >= 4 is 11.9 Å². The molecule has 0 aromatic heterocycles. The first kappa shape index (κ1) is 18.0. The fraction of sp³-hybridized carbons (Fsp3) is 0.500. The molecule has 1 aromatic rings. The molecule has 1 saturated carbocycles. The molecule has 6 nitrogen and oxygen atoms in total. The predicted molar refractivity (Wildman–Crippen MR) is 80.5 cm³/mol. The number of rotatable bonds is 8. The molecule has 132 valence electrons. The molecule has 0 heterocycles. The van der Waals surface area contributed by atoms with Gasteiger partial charge in [0.15, 0.2) is 11.5 Å². The molecule has 8 heteroatoms. The van der Waals surface area contributed by atoms with Crippen LogP contribution >= 0.6 is 0 Å². The molecular weight excluding hydrogens is 324 g/mol. The number of carboxylic acid groups (broad SMARTS) is 1. The van der Waals surface area contributed by atoms with Gasteiger partial charge in [-0.3, -0.25) is 9.59 Å². The molecule has 1 N–H and O–H groups in total. The van der Waals surface area contributed by atoms with Gasteiger partial charge < -0.3 is 19.5 Å². The number of carbonyl (C=O) groups is 2. The Bertz CT molecular complexity index is 618. The summed E-state index contributed by atoms with van der Waals surface area (Å²) < 4.78 is 34.0. The number of benzene rings is 1. The molecule has 0 saturated heterocycles. The summed E-state index contributed by atoms with van der Waals surface area (Å²) >= 11 is 0. The number of nitrogens with zero attached hydrogens (tertiary/aromatic N) is 1. The average Bonchev–Trinajstić information content (AvgIpc) is 3.36. The molecule has 1 fully saturated rings. The highest BCUT2D eigenvalue weighted by atomic mass is 19.3. The number of hydrogen-bond donors (Lipinski definition) is 1. The SMILES string of the molecule is COc1cc(C(=O)N(CC(C)C(=O)O)C2CC2)ccc1OC(F)F. The van der Waals surface area contributed by atoms with Gasteiger partial charge in [-0.1, -0.05) is 6.92 Å². The van der Waals surface area contributed by atoms with Crippen LogP contribution in [0.15, 0.2) is 18.2 Å². The lowest BCUT2D eigenvalue weighted by Crippen LogP contribution is -2.38. The molecule has 0 bridgehead atoms. The van der Waals surface area contributed by atoms with E-state index in [0.717, 1.165) is 12.8 Å². The quantitative estimate of drug-likeness (QED) is 0.785. The van der Waals surface area contributed by atoms with Crippen molar-refractivity contribution in [3.63, 3.8) is 0 Å². The Labute approximate surface area is 138 Å². The second-order valence-electron chi connectivity index (χ2n) is 5.67. The Kier molecular flexibility index (Phi) is 5.58. The van der Waals surface area contributed by atoms with Gasteiger partial charge in [0.2, 0.25) is 0 Å². The maximum atomic E-state index is 12.7. The van der Waals surface area contributed by atoms with E-state index in [0.29, 0.717) is 0 Å². The number of carboxylic acids is 1. The van der Waals surface area contributed by atoms with E-state index in [9.17, 15) is 18.4 Å². The number of hydrogen-bond acceptors (Lipinski definition) is 4. The van der Waals surface area contributed by atoms with Crippen LogP contribution in [-0.2, 0) is 4.79 Å². The Hall–Kier alpha value is -2.38. The first-order valence-electron chi connectivity index (χ1n) is 7.50. The van der Waals surface area contributed by atoms with Gasteiger partial charge in [-0.25, -0.2) is 0 Å². The fourth-order valence-electron chi connectivity index (χ4n) is 2.32. The Morgan fingerprint density at radius 2 is 2.00 bits per heavy atom. The zero-order valence-electron chi connectivity index (χ0n) is 13.4. The highest BCUT2D eigenvalue weighted by molar-refractivity contribution is 5.95. The molecule has 1 atom stereocenters. The van der Waals surface area contributed by atoms with E-state index in [1.165, 1.54) is 37.1 Å². The highest BCUT2D eigenvalue weighted by Crippen LogP contribution is 2.33. The van der Waals surface area contributed by atoms with Crippen LogP contribution in [0.4, 0.5) is 8.78 Å². The lowest BCUT2D eigenvalue weighted by molar-refractivity contribution is -0.141. The van der Waals surface area contributed by atoms with Crippen LogP contribution in [0.25, 0.3) is 0 Å². The van der Waals surface area contributed by atoms with Crippen LogP contribution in [0, 0.1) is 5.92 Å². The minimum Gasteiger partial charge on any atom is -0.493 e. The van der Waals surface area contributed by atoms with Gasteiger partial charge in [0.25, 0.3) is 5.91 Å².